The fraction of sp³-hybridized carbons (Fsp3) is 0.944. The number of nitrogens with zero attached hydrogens (tertiary/aromatic N) is 1. The lowest BCUT2D eigenvalue weighted by Crippen LogP contribution is -2.50. The summed E-state index contributed by atoms with van der Waals surface area (Å²) in [4.78, 5) is 14.1. The van der Waals surface area contributed by atoms with Crippen LogP contribution in [-0.2, 0) is 4.74 Å². The molecular weight excluding hydrogens is 276 g/mol. The molecule has 0 radical (unpaired) electrons. The van der Waals surface area contributed by atoms with E-state index in [1.54, 1.807) is 0 Å². The number of hydrogen-bond acceptors (Lipinski definition) is 3. The third-order valence-electron chi connectivity index (χ3n) is 4.04. The molecule has 0 spiro atoms. The lowest BCUT2D eigenvalue weighted by atomic mass is 9.81. The predicted octanol–water partition coefficient (Wildman–Crippen LogP) is 4.05. The molecule has 1 N–H and O–H groups in total. The molecule has 0 aliphatic carbocycles. The van der Waals surface area contributed by atoms with Crippen LogP contribution in [0.5, 0.6) is 0 Å². The number of rotatable bonds is 4. The van der Waals surface area contributed by atoms with Crippen LogP contribution in [0.3, 0.4) is 0 Å². The van der Waals surface area contributed by atoms with Gasteiger partial charge in [-0.15, -0.1) is 0 Å². The monoisotopic (exact) mass is 312 g/mol. The van der Waals surface area contributed by atoms with Crippen LogP contribution in [-0.4, -0.2) is 42.8 Å². The summed E-state index contributed by atoms with van der Waals surface area (Å²) in [5.74, 6) is 0. The first-order chi connectivity index (χ1) is 9.90. The Morgan fingerprint density at radius 1 is 1.23 bits per heavy atom. The molecule has 22 heavy (non-hydrogen) atoms. The maximum Gasteiger partial charge on any atom is 0.410 e. The van der Waals surface area contributed by atoms with E-state index in [-0.39, 0.29) is 11.5 Å². The molecule has 0 aromatic carbocycles. The van der Waals surface area contributed by atoms with Crippen molar-refractivity contribution in [2.75, 3.05) is 26.2 Å². The van der Waals surface area contributed by atoms with Crippen molar-refractivity contribution < 1.29 is 9.53 Å². The molecule has 4 heteroatoms. The zero-order valence-corrected chi connectivity index (χ0v) is 15.7. The minimum absolute atomic E-state index is 0.146. The quantitative estimate of drug-likeness (QED) is 0.796. The van der Waals surface area contributed by atoms with Crippen LogP contribution >= 0.6 is 0 Å². The molecule has 1 saturated heterocycles. The van der Waals surface area contributed by atoms with Crippen LogP contribution in [0.1, 0.15) is 67.7 Å². The molecule has 4 nitrogen and oxygen atoms in total. The zero-order chi connectivity index (χ0) is 17.0. The van der Waals surface area contributed by atoms with Crippen LogP contribution in [0.15, 0.2) is 0 Å². The number of likely N-dealkylation sites (tertiary alicyclic amines) is 1. The van der Waals surface area contributed by atoms with Gasteiger partial charge in [-0.2, -0.15) is 0 Å². The van der Waals surface area contributed by atoms with Crippen LogP contribution in [0.2, 0.25) is 0 Å². The number of amides is 1. The summed E-state index contributed by atoms with van der Waals surface area (Å²) in [6.07, 6.45) is 3.21. The van der Waals surface area contributed by atoms with Crippen molar-refractivity contribution in [1.29, 1.82) is 0 Å². The standard InChI is InChI=1S/C18H36N2O2/c1-16(2,3)10-11-19-13-18(7)9-8-12-20(14-18)15(21)22-17(4,5)6/h19H,8-14H2,1-7H3. The van der Waals surface area contributed by atoms with Crippen molar-refractivity contribution >= 4 is 6.09 Å². The van der Waals surface area contributed by atoms with Crippen molar-refractivity contribution in [2.24, 2.45) is 10.8 Å². The van der Waals surface area contributed by atoms with E-state index in [2.05, 4.69) is 33.0 Å². The van der Waals surface area contributed by atoms with Gasteiger partial charge >= 0.3 is 6.09 Å². The van der Waals surface area contributed by atoms with Gasteiger partial charge < -0.3 is 15.0 Å². The highest BCUT2D eigenvalue weighted by atomic mass is 16.6. The van der Waals surface area contributed by atoms with Crippen LogP contribution < -0.4 is 5.32 Å². The molecule has 130 valence electrons. The van der Waals surface area contributed by atoms with Crippen molar-refractivity contribution in [3.8, 4) is 0 Å². The molecule has 1 rings (SSSR count). The maximum absolute atomic E-state index is 12.2. The Bertz CT molecular complexity index is 368. The van der Waals surface area contributed by atoms with Gasteiger partial charge in [-0.3, -0.25) is 0 Å². The molecule has 1 unspecified atom stereocenters. The number of piperidine rings is 1. The van der Waals surface area contributed by atoms with Gasteiger partial charge in [0.05, 0.1) is 0 Å². The molecule has 0 saturated carbocycles. The first-order valence-electron chi connectivity index (χ1n) is 8.59. The number of hydrogen-bond donors (Lipinski definition) is 1. The molecular formula is C18H36N2O2. The van der Waals surface area contributed by atoms with Gasteiger partial charge in [0.15, 0.2) is 0 Å². The van der Waals surface area contributed by atoms with Gasteiger partial charge in [0, 0.05) is 19.6 Å². The Morgan fingerprint density at radius 2 is 1.86 bits per heavy atom. The Balaban J connectivity index is 2.45. The molecule has 1 aliphatic rings. The fourth-order valence-corrected chi connectivity index (χ4v) is 2.80. The second kappa shape index (κ2) is 7.20. The second-order valence-corrected chi connectivity index (χ2v) is 9.30. The SMILES string of the molecule is CC(C)(C)CCNCC1(C)CCCN(C(=O)OC(C)(C)C)C1. The average molecular weight is 312 g/mol. The summed E-state index contributed by atoms with van der Waals surface area (Å²) < 4.78 is 5.51. The van der Waals surface area contributed by atoms with Crippen molar-refractivity contribution in [3.05, 3.63) is 0 Å². The van der Waals surface area contributed by atoms with Gasteiger partial charge in [0.2, 0.25) is 0 Å². The van der Waals surface area contributed by atoms with Crippen molar-refractivity contribution in [1.82, 2.24) is 10.2 Å². The van der Waals surface area contributed by atoms with Crippen LogP contribution in [0.4, 0.5) is 4.79 Å². The van der Waals surface area contributed by atoms with Gasteiger partial charge in [-0.25, -0.2) is 4.79 Å². The smallest absolute Gasteiger partial charge is 0.410 e. The average Bonchev–Trinajstić information content (AvgIpc) is 2.32. The van der Waals surface area contributed by atoms with Crippen LogP contribution in [0, 0.1) is 10.8 Å². The minimum Gasteiger partial charge on any atom is -0.444 e. The molecule has 0 aromatic heterocycles. The van der Waals surface area contributed by atoms with E-state index in [4.69, 9.17) is 4.74 Å². The Hall–Kier alpha value is -0.770. The van der Waals surface area contributed by atoms with E-state index < -0.39 is 5.60 Å². The summed E-state index contributed by atoms with van der Waals surface area (Å²) in [5, 5.41) is 3.58. The first kappa shape index (κ1) is 19.3. The molecule has 1 amide bonds. The summed E-state index contributed by atoms with van der Waals surface area (Å²) in [5.41, 5.74) is 0.0892. The Morgan fingerprint density at radius 3 is 2.41 bits per heavy atom. The van der Waals surface area contributed by atoms with Crippen molar-refractivity contribution in [3.63, 3.8) is 0 Å². The van der Waals surface area contributed by atoms with Gasteiger partial charge in [0.1, 0.15) is 5.60 Å². The number of nitrogens with one attached hydrogen (secondary N) is 1. The Kier molecular flexibility index (Phi) is 6.31. The third kappa shape index (κ3) is 7.48. The topological polar surface area (TPSA) is 41.6 Å². The number of carbonyl (C=O) groups excluding carboxylic acids is 1. The van der Waals surface area contributed by atoms with Crippen LogP contribution in [0.25, 0.3) is 0 Å². The lowest BCUT2D eigenvalue weighted by molar-refractivity contribution is 0.00677. The largest absolute Gasteiger partial charge is 0.444 e. The highest BCUT2D eigenvalue weighted by Crippen LogP contribution is 2.29. The van der Waals surface area contributed by atoms with Gasteiger partial charge in [-0.1, -0.05) is 27.7 Å². The summed E-state index contributed by atoms with van der Waals surface area (Å²) >= 11 is 0. The van der Waals surface area contributed by atoms with E-state index in [0.29, 0.717) is 5.41 Å². The maximum atomic E-state index is 12.2. The summed E-state index contributed by atoms with van der Waals surface area (Å²) in [7, 11) is 0. The number of carbonyl (C=O) groups is 1. The van der Waals surface area contributed by atoms with E-state index in [9.17, 15) is 4.79 Å². The molecule has 1 atom stereocenters. The zero-order valence-electron chi connectivity index (χ0n) is 15.7. The second-order valence-electron chi connectivity index (χ2n) is 9.30. The highest BCUT2D eigenvalue weighted by molar-refractivity contribution is 5.68. The molecule has 1 aliphatic heterocycles. The summed E-state index contributed by atoms with van der Waals surface area (Å²) in [6, 6.07) is 0. The first-order valence-corrected chi connectivity index (χ1v) is 8.59. The molecule has 0 aromatic rings. The molecule has 1 heterocycles. The van der Waals surface area contributed by atoms with E-state index in [1.165, 1.54) is 6.42 Å². The summed E-state index contributed by atoms with van der Waals surface area (Å²) in [6.45, 7) is 18.4. The van der Waals surface area contributed by atoms with Gasteiger partial charge in [0.25, 0.3) is 0 Å². The van der Waals surface area contributed by atoms with E-state index >= 15 is 0 Å². The lowest BCUT2D eigenvalue weighted by Gasteiger charge is -2.41. The van der Waals surface area contributed by atoms with E-state index in [0.717, 1.165) is 39.0 Å². The van der Waals surface area contributed by atoms with Gasteiger partial charge in [-0.05, 0) is 57.4 Å². The predicted molar refractivity (Wildman–Crippen MR) is 92.1 cm³/mol. The minimum atomic E-state index is -0.421. The fourth-order valence-electron chi connectivity index (χ4n) is 2.80. The Labute approximate surface area is 137 Å². The number of ether oxygens (including phenoxy) is 1. The normalized spacial score (nSPS) is 23.5. The highest BCUT2D eigenvalue weighted by Gasteiger charge is 2.34. The van der Waals surface area contributed by atoms with E-state index in [1.807, 2.05) is 25.7 Å². The molecule has 1 fully saturated rings. The molecule has 0 bridgehead atoms. The van der Waals surface area contributed by atoms with Crippen molar-refractivity contribution in [2.45, 2.75) is 73.3 Å². The third-order valence-corrected chi connectivity index (χ3v) is 4.04.